The molecule has 0 amide bonds. The molecule has 2 nitrogen and oxygen atoms in total. The van der Waals surface area contributed by atoms with E-state index in [0.29, 0.717) is 0 Å². The summed E-state index contributed by atoms with van der Waals surface area (Å²) in [5, 5.41) is 0. The highest BCUT2D eigenvalue weighted by Gasteiger charge is 2.18. The normalized spacial score (nSPS) is 12.6. The van der Waals surface area contributed by atoms with E-state index in [1.807, 2.05) is 39.8 Å². The van der Waals surface area contributed by atoms with Gasteiger partial charge in [0.15, 0.2) is 0 Å². The molecular weight excluding hydrogens is 174 g/mol. The lowest BCUT2D eigenvalue weighted by molar-refractivity contribution is -0.393. The molecule has 0 saturated heterocycles. The first-order valence-corrected chi connectivity index (χ1v) is 4.88. The molecular formula is C12H18NO+. The molecule has 1 rings (SSSR count). The Kier molecular flexibility index (Phi) is 3.06. The molecule has 0 aliphatic rings. The molecule has 0 heterocycles. The van der Waals surface area contributed by atoms with Crippen molar-refractivity contribution in [2.24, 2.45) is 0 Å². The lowest BCUT2D eigenvalue weighted by Gasteiger charge is -2.10. The highest BCUT2D eigenvalue weighted by atomic mass is 16.1. The van der Waals surface area contributed by atoms with Gasteiger partial charge in [-0.3, -0.25) is 4.79 Å². The highest BCUT2D eigenvalue weighted by Crippen LogP contribution is 2.17. The number of hydrogen-bond donors (Lipinski definition) is 1. The molecule has 0 aliphatic carbocycles. The Morgan fingerprint density at radius 1 is 1.21 bits per heavy atom. The van der Waals surface area contributed by atoms with Crippen LogP contribution in [0.5, 0.6) is 0 Å². The number of Topliss-reactive ketones (excluding diaryl/α,β-unsaturated/α-hetero) is 1. The number of hydrogen-bond acceptors (Lipinski definition) is 1. The number of carbonyl (C=O) groups is 1. The molecule has 0 bridgehead atoms. The van der Waals surface area contributed by atoms with Crippen LogP contribution in [0.15, 0.2) is 12.1 Å². The van der Waals surface area contributed by atoms with Crippen molar-refractivity contribution in [1.82, 2.24) is 0 Å². The lowest BCUT2D eigenvalue weighted by atomic mass is 9.94. The van der Waals surface area contributed by atoms with Gasteiger partial charge in [-0.1, -0.05) is 17.7 Å². The monoisotopic (exact) mass is 192 g/mol. The topological polar surface area (TPSA) is 44.7 Å². The van der Waals surface area contributed by atoms with E-state index in [9.17, 15) is 4.79 Å². The van der Waals surface area contributed by atoms with Crippen LogP contribution in [0.2, 0.25) is 0 Å². The lowest BCUT2D eigenvalue weighted by Crippen LogP contribution is -2.63. The molecule has 0 spiro atoms. The molecule has 0 aromatic heterocycles. The summed E-state index contributed by atoms with van der Waals surface area (Å²) in [6.45, 7) is 7.84. The van der Waals surface area contributed by atoms with Gasteiger partial charge < -0.3 is 5.73 Å². The van der Waals surface area contributed by atoms with Crippen LogP contribution < -0.4 is 5.73 Å². The average Bonchev–Trinajstić information content (AvgIpc) is 2.01. The Balaban J connectivity index is 3.28. The third-order valence-electron chi connectivity index (χ3n) is 2.37. The van der Waals surface area contributed by atoms with Crippen molar-refractivity contribution in [1.29, 1.82) is 0 Å². The second kappa shape index (κ2) is 3.93. The Bertz CT molecular complexity index is 344. The van der Waals surface area contributed by atoms with E-state index in [1.54, 1.807) is 0 Å². The summed E-state index contributed by atoms with van der Waals surface area (Å²) < 4.78 is 0. The van der Waals surface area contributed by atoms with Crippen molar-refractivity contribution < 1.29 is 10.5 Å². The predicted octanol–water partition coefficient (Wildman–Crippen LogP) is 1.42. The largest absolute Gasteiger partial charge is 0.349 e. The zero-order valence-corrected chi connectivity index (χ0v) is 9.35. The summed E-state index contributed by atoms with van der Waals surface area (Å²) >= 11 is 0. The van der Waals surface area contributed by atoms with Crippen LogP contribution in [0.25, 0.3) is 0 Å². The third kappa shape index (κ3) is 2.02. The fraction of sp³-hybridized carbons (Fsp3) is 0.417. The van der Waals surface area contributed by atoms with Gasteiger partial charge in [-0.05, 0) is 38.8 Å². The fourth-order valence-electron chi connectivity index (χ4n) is 1.82. The van der Waals surface area contributed by atoms with E-state index in [-0.39, 0.29) is 11.8 Å². The van der Waals surface area contributed by atoms with E-state index >= 15 is 0 Å². The standard InChI is InChI=1S/C12H17NO/c1-7-5-8(2)11(9(3)6-7)12(14)10(4)13/h5-6,10H,13H2,1-4H3/p+1/t10-/m0/s1. The molecule has 0 saturated carbocycles. The minimum absolute atomic E-state index is 0.139. The van der Waals surface area contributed by atoms with Gasteiger partial charge in [0.2, 0.25) is 5.78 Å². The summed E-state index contributed by atoms with van der Waals surface area (Å²) in [6.07, 6.45) is 0. The van der Waals surface area contributed by atoms with Crippen LogP contribution in [0.1, 0.15) is 34.0 Å². The molecule has 0 fully saturated rings. The fourth-order valence-corrected chi connectivity index (χ4v) is 1.82. The number of quaternary nitrogens is 1. The summed E-state index contributed by atoms with van der Waals surface area (Å²) in [5.41, 5.74) is 7.93. The van der Waals surface area contributed by atoms with Crippen molar-refractivity contribution >= 4 is 5.78 Å². The maximum Gasteiger partial charge on any atom is 0.220 e. The van der Waals surface area contributed by atoms with E-state index in [1.165, 1.54) is 5.56 Å². The van der Waals surface area contributed by atoms with Gasteiger partial charge >= 0.3 is 0 Å². The van der Waals surface area contributed by atoms with Crippen LogP contribution in [0, 0.1) is 20.8 Å². The molecule has 1 aromatic rings. The Labute approximate surface area is 85.1 Å². The summed E-state index contributed by atoms with van der Waals surface area (Å²) in [5.74, 6) is 0.139. The molecule has 0 aliphatic heterocycles. The number of carbonyl (C=O) groups excluding carboxylic acids is 1. The van der Waals surface area contributed by atoms with Gasteiger partial charge in [0.05, 0.1) is 0 Å². The van der Waals surface area contributed by atoms with Crippen LogP contribution in [0.4, 0.5) is 0 Å². The molecule has 1 aromatic carbocycles. The van der Waals surface area contributed by atoms with Crippen molar-refractivity contribution in [2.45, 2.75) is 33.7 Å². The first-order valence-electron chi connectivity index (χ1n) is 4.88. The van der Waals surface area contributed by atoms with Gasteiger partial charge in [0.25, 0.3) is 0 Å². The summed E-state index contributed by atoms with van der Waals surface area (Å²) in [6, 6.07) is 3.92. The van der Waals surface area contributed by atoms with E-state index < -0.39 is 0 Å². The zero-order chi connectivity index (χ0) is 10.9. The first-order chi connectivity index (χ1) is 6.43. The van der Waals surface area contributed by atoms with E-state index in [0.717, 1.165) is 16.7 Å². The second-order valence-corrected chi connectivity index (χ2v) is 4.04. The van der Waals surface area contributed by atoms with Gasteiger partial charge in [-0.25, -0.2) is 0 Å². The molecule has 0 radical (unpaired) electrons. The number of rotatable bonds is 2. The van der Waals surface area contributed by atoms with Crippen LogP contribution >= 0.6 is 0 Å². The maximum absolute atomic E-state index is 11.8. The third-order valence-corrected chi connectivity index (χ3v) is 2.37. The maximum atomic E-state index is 11.8. The molecule has 1 atom stereocenters. The van der Waals surface area contributed by atoms with Crippen molar-refractivity contribution in [2.75, 3.05) is 0 Å². The minimum Gasteiger partial charge on any atom is -0.349 e. The molecule has 3 N–H and O–H groups in total. The number of ketones is 1. The van der Waals surface area contributed by atoms with Gasteiger partial charge in [0, 0.05) is 5.56 Å². The minimum atomic E-state index is -0.171. The first kappa shape index (κ1) is 10.9. The van der Waals surface area contributed by atoms with E-state index in [4.69, 9.17) is 0 Å². The van der Waals surface area contributed by atoms with Gasteiger partial charge in [-0.2, -0.15) is 0 Å². The van der Waals surface area contributed by atoms with Crippen molar-refractivity contribution in [3.8, 4) is 0 Å². The zero-order valence-electron chi connectivity index (χ0n) is 9.35. The van der Waals surface area contributed by atoms with Gasteiger partial charge in [0.1, 0.15) is 6.04 Å². The molecule has 0 unspecified atom stereocenters. The summed E-state index contributed by atoms with van der Waals surface area (Å²) in [7, 11) is 0. The summed E-state index contributed by atoms with van der Waals surface area (Å²) in [4.78, 5) is 11.8. The quantitative estimate of drug-likeness (QED) is 0.708. The molecule has 2 heteroatoms. The van der Waals surface area contributed by atoms with E-state index in [2.05, 4.69) is 5.73 Å². The number of benzene rings is 1. The number of aryl methyl sites for hydroxylation is 3. The van der Waals surface area contributed by atoms with Crippen molar-refractivity contribution in [3.05, 3.63) is 34.4 Å². The average molecular weight is 192 g/mol. The van der Waals surface area contributed by atoms with Crippen LogP contribution in [-0.4, -0.2) is 11.8 Å². The SMILES string of the molecule is Cc1cc(C)c(C(=O)[C@H](C)[NH3+])c(C)c1. The molecule has 14 heavy (non-hydrogen) atoms. The smallest absolute Gasteiger partial charge is 0.220 e. The molecule has 76 valence electrons. The van der Waals surface area contributed by atoms with Crippen molar-refractivity contribution in [3.63, 3.8) is 0 Å². The Morgan fingerprint density at radius 2 is 1.64 bits per heavy atom. The van der Waals surface area contributed by atoms with Crippen LogP contribution in [0.3, 0.4) is 0 Å². The highest BCUT2D eigenvalue weighted by molar-refractivity contribution is 6.01. The van der Waals surface area contributed by atoms with Gasteiger partial charge in [-0.15, -0.1) is 0 Å². The van der Waals surface area contributed by atoms with Crippen LogP contribution in [-0.2, 0) is 0 Å². The Hall–Kier alpha value is -1.15. The second-order valence-electron chi connectivity index (χ2n) is 4.04. The Morgan fingerprint density at radius 3 is 2.00 bits per heavy atom. The predicted molar refractivity (Wildman–Crippen MR) is 57.3 cm³/mol.